The van der Waals surface area contributed by atoms with Crippen LogP contribution in [0.25, 0.3) is 11.2 Å². The number of hydrogen-bond acceptors (Lipinski definition) is 7. The molecule has 1 amide bonds. The van der Waals surface area contributed by atoms with Gasteiger partial charge in [-0.15, -0.1) is 0 Å². The van der Waals surface area contributed by atoms with Gasteiger partial charge in [-0.25, -0.2) is 27.5 Å². The first-order valence-corrected chi connectivity index (χ1v) is 13.1. The van der Waals surface area contributed by atoms with E-state index in [4.69, 9.17) is 4.74 Å². The molecule has 4 rings (SSSR count). The van der Waals surface area contributed by atoms with Gasteiger partial charge in [0.2, 0.25) is 0 Å². The molecule has 0 unspecified atom stereocenters. The van der Waals surface area contributed by atoms with Crippen LogP contribution in [0.4, 0.5) is 19.4 Å². The van der Waals surface area contributed by atoms with Crippen LogP contribution >= 0.6 is 22.6 Å². The smallest absolute Gasteiger partial charge is 0.410 e. The molecule has 0 atom stereocenters. The van der Waals surface area contributed by atoms with E-state index < -0.39 is 39.8 Å². The summed E-state index contributed by atoms with van der Waals surface area (Å²) in [5.74, 6) is -2.91. The van der Waals surface area contributed by atoms with E-state index in [-0.39, 0.29) is 37.5 Å². The molecule has 14 heteroatoms. The first kappa shape index (κ1) is 25.3. The summed E-state index contributed by atoms with van der Waals surface area (Å²) in [5.41, 5.74) is -1.55. The van der Waals surface area contributed by atoms with Crippen LogP contribution in [0.2, 0.25) is 0 Å². The number of anilines is 1. The number of hydrogen-bond donors (Lipinski definition) is 0. The van der Waals surface area contributed by atoms with E-state index in [0.717, 1.165) is 8.28 Å². The molecular formula is C20H27F2IN6O4S. The summed E-state index contributed by atoms with van der Waals surface area (Å²) in [5, 5.41) is 0. The van der Waals surface area contributed by atoms with Gasteiger partial charge in [-0.2, -0.15) is 12.7 Å². The molecule has 4 heterocycles. The first-order chi connectivity index (χ1) is 15.6. The SMILES string of the molecule is CN(C)S(=O)(=O)n1cc(I)c2ncc(N3CCC4(CN(C(=O)OC(C)(C)C)C4)C(F)(F)C3)nc21. The number of carbonyl (C=O) groups excluding carboxylic acids is 1. The fourth-order valence-electron chi connectivity index (χ4n) is 4.17. The number of ether oxygens (including phenoxy) is 1. The van der Waals surface area contributed by atoms with Gasteiger partial charge in [0, 0.05) is 39.9 Å². The zero-order chi connectivity index (χ0) is 25.3. The van der Waals surface area contributed by atoms with Crippen molar-refractivity contribution < 1.29 is 26.7 Å². The molecule has 2 aromatic heterocycles. The third-order valence-electron chi connectivity index (χ3n) is 6.11. The summed E-state index contributed by atoms with van der Waals surface area (Å²) >= 11 is 1.96. The second-order valence-electron chi connectivity index (χ2n) is 9.96. The number of nitrogens with zero attached hydrogens (tertiary/aromatic N) is 6. The van der Waals surface area contributed by atoms with Crippen LogP contribution in [-0.4, -0.2) is 89.5 Å². The lowest BCUT2D eigenvalue weighted by Crippen LogP contribution is -2.71. The van der Waals surface area contributed by atoms with Crippen LogP contribution in [-0.2, 0) is 14.9 Å². The maximum atomic E-state index is 15.3. The highest BCUT2D eigenvalue weighted by molar-refractivity contribution is 14.1. The number of carbonyl (C=O) groups is 1. The summed E-state index contributed by atoms with van der Waals surface area (Å²) < 4.78 is 64.0. The van der Waals surface area contributed by atoms with Crippen LogP contribution in [0.15, 0.2) is 12.4 Å². The van der Waals surface area contributed by atoms with Crippen molar-refractivity contribution in [3.05, 3.63) is 16.0 Å². The second kappa shape index (κ2) is 8.11. The van der Waals surface area contributed by atoms with Gasteiger partial charge in [0.15, 0.2) is 5.65 Å². The van der Waals surface area contributed by atoms with E-state index in [2.05, 4.69) is 9.97 Å². The standard InChI is InChI=1S/C20H27F2IN6O4S/c1-18(2,3)33-17(30)28-10-19(11-28)6-7-27(12-20(19,21)22)14-8-24-15-13(23)9-29(16(15)25-14)34(31,32)26(4)5/h8-9H,6-7,10-12H2,1-5H3. The van der Waals surface area contributed by atoms with Crippen LogP contribution in [0.1, 0.15) is 27.2 Å². The molecule has 10 nitrogen and oxygen atoms in total. The first-order valence-electron chi connectivity index (χ1n) is 10.6. The fraction of sp³-hybridized carbons (Fsp3) is 0.650. The van der Waals surface area contributed by atoms with Crippen LogP contribution in [0, 0.1) is 8.99 Å². The molecule has 0 aromatic carbocycles. The Bertz CT molecular complexity index is 1240. The Kier molecular flexibility index (Phi) is 6.04. The Labute approximate surface area is 210 Å². The van der Waals surface area contributed by atoms with Gasteiger partial charge in [-0.3, -0.25) is 0 Å². The Hall–Kier alpha value is -1.81. The molecule has 0 bridgehead atoms. The quantitative estimate of drug-likeness (QED) is 0.492. The highest BCUT2D eigenvalue weighted by Gasteiger charge is 2.64. The molecular weight excluding hydrogens is 585 g/mol. The number of rotatable bonds is 3. The fourth-order valence-corrected chi connectivity index (χ4v) is 5.95. The molecule has 0 saturated carbocycles. The van der Waals surface area contributed by atoms with Crippen molar-refractivity contribution in [3.63, 3.8) is 0 Å². The number of piperidine rings is 1. The Morgan fingerprint density at radius 2 is 1.88 bits per heavy atom. The third kappa shape index (κ3) is 4.21. The Balaban J connectivity index is 1.56. The summed E-state index contributed by atoms with van der Waals surface area (Å²) in [6, 6.07) is 0. The van der Waals surface area contributed by atoms with Gasteiger partial charge in [0.1, 0.15) is 16.9 Å². The largest absolute Gasteiger partial charge is 0.444 e. The average molecular weight is 612 g/mol. The molecule has 1 spiro atoms. The molecule has 0 N–H and O–H groups in total. The van der Waals surface area contributed by atoms with Gasteiger partial charge in [-0.1, -0.05) is 0 Å². The van der Waals surface area contributed by atoms with Gasteiger partial charge in [0.25, 0.3) is 5.92 Å². The predicted molar refractivity (Wildman–Crippen MR) is 130 cm³/mol. The minimum Gasteiger partial charge on any atom is -0.444 e. The zero-order valence-corrected chi connectivity index (χ0v) is 22.5. The van der Waals surface area contributed by atoms with E-state index in [1.807, 2.05) is 22.6 Å². The number of fused-ring (bicyclic) bond motifs is 1. The highest BCUT2D eigenvalue weighted by atomic mass is 127. The Morgan fingerprint density at radius 1 is 1.24 bits per heavy atom. The minimum atomic E-state index is -3.87. The monoisotopic (exact) mass is 612 g/mol. The lowest BCUT2D eigenvalue weighted by Gasteiger charge is -2.57. The highest BCUT2D eigenvalue weighted by Crippen LogP contribution is 2.50. The third-order valence-corrected chi connectivity index (χ3v) is 8.59. The second-order valence-corrected chi connectivity index (χ2v) is 13.1. The van der Waals surface area contributed by atoms with Crippen molar-refractivity contribution in [2.45, 2.75) is 38.7 Å². The number of aromatic nitrogens is 3. The van der Waals surface area contributed by atoms with Gasteiger partial charge < -0.3 is 14.5 Å². The maximum absolute atomic E-state index is 15.3. The molecule has 34 heavy (non-hydrogen) atoms. The lowest BCUT2D eigenvalue weighted by atomic mass is 9.69. The van der Waals surface area contributed by atoms with Gasteiger partial charge in [-0.05, 0) is 49.8 Å². The van der Waals surface area contributed by atoms with Crippen molar-refractivity contribution >= 4 is 55.9 Å². The maximum Gasteiger partial charge on any atom is 0.410 e. The summed E-state index contributed by atoms with van der Waals surface area (Å²) in [7, 11) is -1.07. The molecule has 188 valence electrons. The van der Waals surface area contributed by atoms with Crippen molar-refractivity contribution in [2.75, 3.05) is 45.2 Å². The van der Waals surface area contributed by atoms with Gasteiger partial charge in [0.05, 0.1) is 21.7 Å². The molecule has 2 aliphatic heterocycles. The molecule has 2 fully saturated rings. The lowest BCUT2D eigenvalue weighted by molar-refractivity contribution is -0.191. The van der Waals surface area contributed by atoms with E-state index in [1.165, 1.54) is 36.3 Å². The van der Waals surface area contributed by atoms with Crippen molar-refractivity contribution in [3.8, 4) is 0 Å². The summed E-state index contributed by atoms with van der Waals surface area (Å²) in [6.07, 6.45) is 2.35. The molecule has 0 radical (unpaired) electrons. The average Bonchev–Trinajstić information content (AvgIpc) is 3.01. The van der Waals surface area contributed by atoms with Gasteiger partial charge >= 0.3 is 16.3 Å². The normalized spacial score (nSPS) is 20.1. The van der Waals surface area contributed by atoms with Crippen molar-refractivity contribution in [1.29, 1.82) is 0 Å². The molecule has 2 aliphatic rings. The number of likely N-dealkylation sites (tertiary alicyclic amines) is 1. The predicted octanol–water partition coefficient (Wildman–Crippen LogP) is 2.77. The number of amides is 1. The number of halogens is 3. The van der Waals surface area contributed by atoms with Crippen LogP contribution in [0.5, 0.6) is 0 Å². The zero-order valence-electron chi connectivity index (χ0n) is 19.5. The Morgan fingerprint density at radius 3 is 2.44 bits per heavy atom. The topological polar surface area (TPSA) is 101 Å². The van der Waals surface area contributed by atoms with Crippen molar-refractivity contribution in [1.82, 2.24) is 23.1 Å². The van der Waals surface area contributed by atoms with Crippen LogP contribution in [0.3, 0.4) is 0 Å². The van der Waals surface area contributed by atoms with E-state index in [9.17, 15) is 13.2 Å². The molecule has 0 aliphatic carbocycles. The summed E-state index contributed by atoms with van der Waals surface area (Å²) in [4.78, 5) is 23.7. The van der Waals surface area contributed by atoms with Crippen LogP contribution < -0.4 is 4.90 Å². The summed E-state index contributed by atoms with van der Waals surface area (Å²) in [6.45, 7) is 4.71. The van der Waals surface area contributed by atoms with E-state index >= 15 is 8.78 Å². The number of alkyl halides is 2. The van der Waals surface area contributed by atoms with Crippen molar-refractivity contribution in [2.24, 2.45) is 5.41 Å². The minimum absolute atomic E-state index is 0.0738. The van der Waals surface area contributed by atoms with E-state index in [1.54, 1.807) is 20.8 Å². The molecule has 2 aromatic rings. The molecule has 2 saturated heterocycles. The van der Waals surface area contributed by atoms with E-state index in [0.29, 0.717) is 9.09 Å².